The molecular formula is C15H25NO2. The highest BCUT2D eigenvalue weighted by atomic mass is 16.3. The van der Waals surface area contributed by atoms with E-state index in [1.807, 2.05) is 39.8 Å². The second kappa shape index (κ2) is 5.81. The van der Waals surface area contributed by atoms with Gasteiger partial charge in [0.05, 0.1) is 11.3 Å². The van der Waals surface area contributed by atoms with Crippen LogP contribution in [0.15, 0.2) is 18.3 Å². The van der Waals surface area contributed by atoms with Crippen molar-refractivity contribution in [3.05, 3.63) is 29.6 Å². The first-order valence-corrected chi connectivity index (χ1v) is 6.87. The van der Waals surface area contributed by atoms with Crippen LogP contribution >= 0.6 is 0 Å². The van der Waals surface area contributed by atoms with Gasteiger partial charge in [-0.15, -0.1) is 0 Å². The Kier molecular flexibility index (Phi) is 4.88. The third-order valence-electron chi connectivity index (χ3n) is 4.12. The fraction of sp³-hybridized carbons (Fsp3) is 0.667. The maximum Gasteiger partial charge on any atom is 0.106 e. The van der Waals surface area contributed by atoms with E-state index in [-0.39, 0.29) is 0 Å². The molecule has 18 heavy (non-hydrogen) atoms. The minimum absolute atomic E-state index is 0.641. The summed E-state index contributed by atoms with van der Waals surface area (Å²) in [6.07, 6.45) is 4.30. The molecule has 0 atom stereocenters. The van der Waals surface area contributed by atoms with Gasteiger partial charge < -0.3 is 10.2 Å². The molecule has 0 aliphatic heterocycles. The third kappa shape index (κ3) is 2.73. The summed E-state index contributed by atoms with van der Waals surface area (Å²) in [5, 5.41) is 20.8. The summed E-state index contributed by atoms with van der Waals surface area (Å²) < 4.78 is 0. The summed E-state index contributed by atoms with van der Waals surface area (Å²) >= 11 is 0. The van der Waals surface area contributed by atoms with Crippen LogP contribution in [-0.4, -0.2) is 15.2 Å². The maximum absolute atomic E-state index is 10.4. The van der Waals surface area contributed by atoms with Crippen molar-refractivity contribution in [2.45, 2.75) is 64.6 Å². The lowest BCUT2D eigenvalue weighted by atomic mass is 9.88. The molecule has 0 aliphatic carbocycles. The second-order valence-corrected chi connectivity index (χ2v) is 4.91. The van der Waals surface area contributed by atoms with Gasteiger partial charge in [0, 0.05) is 11.8 Å². The zero-order chi connectivity index (χ0) is 13.8. The van der Waals surface area contributed by atoms with Crippen molar-refractivity contribution < 1.29 is 10.2 Å². The summed E-state index contributed by atoms with van der Waals surface area (Å²) in [4.78, 5) is 4.34. The van der Waals surface area contributed by atoms with E-state index in [1.165, 1.54) is 0 Å². The van der Waals surface area contributed by atoms with E-state index in [4.69, 9.17) is 0 Å². The predicted octanol–water partition coefficient (Wildman–Crippen LogP) is 3.10. The number of hydrogen-bond donors (Lipinski definition) is 2. The molecule has 0 bridgehead atoms. The smallest absolute Gasteiger partial charge is 0.106 e. The summed E-state index contributed by atoms with van der Waals surface area (Å²) in [6.45, 7) is 7.83. The van der Waals surface area contributed by atoms with Crippen LogP contribution in [0.5, 0.6) is 0 Å². The molecule has 1 aromatic heterocycles. The van der Waals surface area contributed by atoms with E-state index in [0.717, 1.165) is 5.56 Å². The Labute approximate surface area is 110 Å². The second-order valence-electron chi connectivity index (χ2n) is 4.91. The van der Waals surface area contributed by atoms with Gasteiger partial charge in [0.2, 0.25) is 0 Å². The molecule has 0 fully saturated rings. The normalized spacial score (nSPS) is 12.8. The van der Waals surface area contributed by atoms with E-state index < -0.39 is 11.2 Å². The number of pyridine rings is 1. The minimum Gasteiger partial charge on any atom is -0.385 e. The van der Waals surface area contributed by atoms with Gasteiger partial charge in [-0.05, 0) is 31.7 Å². The maximum atomic E-state index is 10.4. The zero-order valence-electron chi connectivity index (χ0n) is 11.9. The Morgan fingerprint density at radius 2 is 1.39 bits per heavy atom. The molecule has 1 aromatic rings. The highest BCUT2D eigenvalue weighted by molar-refractivity contribution is 5.23. The number of nitrogens with zero attached hydrogens (tertiary/aromatic N) is 1. The molecule has 0 unspecified atom stereocenters. The predicted molar refractivity (Wildman–Crippen MR) is 73.2 cm³/mol. The van der Waals surface area contributed by atoms with Crippen molar-refractivity contribution in [2.75, 3.05) is 0 Å². The van der Waals surface area contributed by atoms with Crippen molar-refractivity contribution in [1.82, 2.24) is 4.98 Å². The zero-order valence-corrected chi connectivity index (χ0v) is 11.9. The summed E-state index contributed by atoms with van der Waals surface area (Å²) in [5.41, 5.74) is -0.145. The Hall–Kier alpha value is -0.930. The molecule has 3 heteroatoms. The van der Waals surface area contributed by atoms with Gasteiger partial charge in [0.25, 0.3) is 0 Å². The molecule has 102 valence electrons. The lowest BCUT2D eigenvalue weighted by molar-refractivity contribution is 0.0207. The first kappa shape index (κ1) is 15.1. The fourth-order valence-electron chi connectivity index (χ4n) is 2.21. The topological polar surface area (TPSA) is 53.4 Å². The molecule has 3 nitrogen and oxygen atoms in total. The highest BCUT2D eigenvalue weighted by Crippen LogP contribution is 2.31. The van der Waals surface area contributed by atoms with E-state index in [2.05, 4.69) is 4.98 Å². The molecular weight excluding hydrogens is 226 g/mol. The lowest BCUT2D eigenvalue weighted by Gasteiger charge is -2.28. The number of hydrogen-bond acceptors (Lipinski definition) is 3. The average molecular weight is 251 g/mol. The summed E-state index contributed by atoms with van der Waals surface area (Å²) in [5.74, 6) is 0. The summed E-state index contributed by atoms with van der Waals surface area (Å²) in [6, 6.07) is 3.71. The van der Waals surface area contributed by atoms with Crippen molar-refractivity contribution in [3.63, 3.8) is 0 Å². The van der Waals surface area contributed by atoms with E-state index in [0.29, 0.717) is 31.4 Å². The lowest BCUT2D eigenvalue weighted by Crippen LogP contribution is -2.27. The van der Waals surface area contributed by atoms with Crippen LogP contribution < -0.4 is 0 Å². The van der Waals surface area contributed by atoms with Crippen molar-refractivity contribution in [1.29, 1.82) is 0 Å². The van der Waals surface area contributed by atoms with Gasteiger partial charge in [-0.2, -0.15) is 0 Å². The monoisotopic (exact) mass is 251 g/mol. The Morgan fingerprint density at radius 3 is 1.72 bits per heavy atom. The molecule has 0 saturated heterocycles. The number of aromatic nitrogens is 1. The van der Waals surface area contributed by atoms with Crippen molar-refractivity contribution in [3.8, 4) is 0 Å². The first-order valence-electron chi connectivity index (χ1n) is 6.87. The molecule has 2 N–H and O–H groups in total. The largest absolute Gasteiger partial charge is 0.385 e. The molecule has 0 aliphatic rings. The number of aliphatic hydroxyl groups is 2. The van der Waals surface area contributed by atoms with Gasteiger partial charge in [-0.3, -0.25) is 4.98 Å². The SMILES string of the molecule is CCC(O)(CC)c1ccc(C(O)(CC)CC)nc1. The molecule has 0 spiro atoms. The van der Waals surface area contributed by atoms with Crippen molar-refractivity contribution in [2.24, 2.45) is 0 Å². The molecule has 1 heterocycles. The van der Waals surface area contributed by atoms with Crippen LogP contribution in [0.3, 0.4) is 0 Å². The van der Waals surface area contributed by atoms with E-state index in [9.17, 15) is 10.2 Å². The van der Waals surface area contributed by atoms with Gasteiger partial charge in [-0.25, -0.2) is 0 Å². The van der Waals surface area contributed by atoms with Crippen LogP contribution in [0.2, 0.25) is 0 Å². The van der Waals surface area contributed by atoms with Gasteiger partial charge in [0.1, 0.15) is 5.60 Å². The minimum atomic E-state index is -0.852. The van der Waals surface area contributed by atoms with Crippen LogP contribution in [0, 0.1) is 0 Å². The molecule has 0 radical (unpaired) electrons. The molecule has 0 aromatic carbocycles. The third-order valence-corrected chi connectivity index (χ3v) is 4.12. The Balaban J connectivity index is 3.06. The molecule has 1 rings (SSSR count). The van der Waals surface area contributed by atoms with Crippen LogP contribution in [0.25, 0.3) is 0 Å². The van der Waals surface area contributed by atoms with E-state index in [1.54, 1.807) is 6.20 Å². The van der Waals surface area contributed by atoms with Gasteiger partial charge in [-0.1, -0.05) is 33.8 Å². The van der Waals surface area contributed by atoms with Crippen LogP contribution in [0.4, 0.5) is 0 Å². The Morgan fingerprint density at radius 1 is 0.889 bits per heavy atom. The standard InChI is InChI=1S/C15H25NO2/c1-5-14(17,6-2)12-9-10-13(16-11-12)15(18,7-3)8-4/h9-11,17-18H,5-8H2,1-4H3. The van der Waals surface area contributed by atoms with Crippen LogP contribution in [0.1, 0.15) is 64.6 Å². The molecule has 0 amide bonds. The van der Waals surface area contributed by atoms with Gasteiger partial charge >= 0.3 is 0 Å². The first-order chi connectivity index (χ1) is 8.45. The number of rotatable bonds is 6. The average Bonchev–Trinajstić information content (AvgIpc) is 2.45. The van der Waals surface area contributed by atoms with E-state index >= 15 is 0 Å². The van der Waals surface area contributed by atoms with Gasteiger partial charge in [0.15, 0.2) is 0 Å². The fourth-order valence-corrected chi connectivity index (χ4v) is 2.21. The highest BCUT2D eigenvalue weighted by Gasteiger charge is 2.29. The Bertz CT molecular complexity index is 328. The summed E-state index contributed by atoms with van der Waals surface area (Å²) in [7, 11) is 0. The molecule has 0 saturated carbocycles. The van der Waals surface area contributed by atoms with Crippen LogP contribution in [-0.2, 0) is 11.2 Å². The quantitative estimate of drug-likeness (QED) is 0.817. The van der Waals surface area contributed by atoms with Crippen molar-refractivity contribution >= 4 is 0 Å².